The van der Waals surface area contributed by atoms with Crippen molar-refractivity contribution in [1.82, 2.24) is 9.55 Å². The topological polar surface area (TPSA) is 55.1 Å². The van der Waals surface area contributed by atoms with Gasteiger partial charge in [0.05, 0.1) is 22.6 Å². The van der Waals surface area contributed by atoms with E-state index in [4.69, 9.17) is 4.98 Å². The molecular formula is C50H64BIrN2O2-. The number of hydrogen-bond acceptors (Lipinski definition) is 3. The molecule has 1 aromatic heterocycles. The van der Waals surface area contributed by atoms with Gasteiger partial charge in [-0.1, -0.05) is 151 Å². The minimum Gasteiger partial charge on any atom is -0.512 e. The van der Waals surface area contributed by atoms with Crippen molar-refractivity contribution in [3.63, 3.8) is 0 Å². The maximum absolute atomic E-state index is 12.3. The average molecular weight is 928 g/mol. The van der Waals surface area contributed by atoms with Crippen molar-refractivity contribution in [2.24, 2.45) is 35.5 Å². The van der Waals surface area contributed by atoms with Gasteiger partial charge in [0.1, 0.15) is 0 Å². The van der Waals surface area contributed by atoms with Gasteiger partial charge in [-0.05, 0) is 69.7 Å². The molecule has 4 aromatic carbocycles. The van der Waals surface area contributed by atoms with Crippen molar-refractivity contribution >= 4 is 39.9 Å². The summed E-state index contributed by atoms with van der Waals surface area (Å²) in [6.45, 7) is 30.3. The number of aryl methyl sites for hydroxylation is 2. The molecule has 0 fully saturated rings. The number of nitrogens with zero attached hydrogens (tertiary/aromatic N) is 2. The van der Waals surface area contributed by atoms with Gasteiger partial charge in [-0.3, -0.25) is 9.78 Å². The first-order valence-electron chi connectivity index (χ1n) is 20.6. The second-order valence-electron chi connectivity index (χ2n) is 17.9. The molecule has 0 bridgehead atoms. The minimum absolute atomic E-state index is 0. The van der Waals surface area contributed by atoms with Crippen LogP contribution < -0.4 is 16.4 Å². The van der Waals surface area contributed by atoms with Gasteiger partial charge in [0.15, 0.2) is 5.78 Å². The third-order valence-corrected chi connectivity index (χ3v) is 11.4. The number of benzene rings is 4. The standard InChI is InChI=1S/C33H32BN2.C17H32O2.Ir/c1-20(2)25-11-9-12-26(21(3)4)31(25)34-27-13-7-8-16-30(27)36-32-28(34)14-10-15-29(32)35-33(36)24-18-22(5)17-23(6)19-24;1-10(2)16(11(3)4)14(18)9-15(19)17(12(5)6)13(7)8;/h7-18,20-21H,1-6H3;9-13,16-18H,1-8H3;/q-1;;/b;14-9-;. The summed E-state index contributed by atoms with van der Waals surface area (Å²) in [5.74, 6) is 3.48. The quantitative estimate of drug-likeness (QED) is 0.0610. The van der Waals surface area contributed by atoms with Crippen LogP contribution >= 0.6 is 0 Å². The molecular weight excluding hydrogens is 864 g/mol. The van der Waals surface area contributed by atoms with Crippen molar-refractivity contribution in [1.29, 1.82) is 0 Å². The van der Waals surface area contributed by atoms with Gasteiger partial charge in [0.25, 0.3) is 0 Å². The molecule has 0 unspecified atom stereocenters. The normalized spacial score (nSPS) is 12.8. The predicted octanol–water partition coefficient (Wildman–Crippen LogP) is 11.0. The summed E-state index contributed by atoms with van der Waals surface area (Å²) in [4.78, 5) is 17.6. The van der Waals surface area contributed by atoms with E-state index < -0.39 is 0 Å². The van der Waals surface area contributed by atoms with Crippen molar-refractivity contribution in [3.8, 4) is 17.1 Å². The predicted molar refractivity (Wildman–Crippen MR) is 236 cm³/mol. The second-order valence-corrected chi connectivity index (χ2v) is 17.9. The summed E-state index contributed by atoms with van der Waals surface area (Å²) in [5, 5.41) is 10.3. The average Bonchev–Trinajstić information content (AvgIpc) is 3.48. The molecule has 0 spiro atoms. The third-order valence-electron chi connectivity index (χ3n) is 11.4. The van der Waals surface area contributed by atoms with E-state index in [1.165, 1.54) is 50.4 Å². The Hall–Kier alpha value is -3.73. The Kier molecular flexibility index (Phi) is 15.0. The van der Waals surface area contributed by atoms with Gasteiger partial charge in [0.2, 0.25) is 6.71 Å². The van der Waals surface area contributed by atoms with Crippen LogP contribution in [0.2, 0.25) is 0 Å². The smallest absolute Gasteiger partial charge is 0.247 e. The van der Waals surface area contributed by atoms with Crippen molar-refractivity contribution < 1.29 is 30.0 Å². The number of rotatable bonds is 11. The Morgan fingerprint density at radius 3 is 1.79 bits per heavy atom. The van der Waals surface area contributed by atoms with Crippen LogP contribution in [0.15, 0.2) is 84.6 Å². The fourth-order valence-electron chi connectivity index (χ4n) is 9.39. The molecule has 0 aliphatic carbocycles. The number of imidazole rings is 1. The number of aliphatic hydroxyl groups excluding tert-OH is 1. The number of ketones is 1. The fraction of sp³-hybridized carbons (Fsp3) is 0.440. The van der Waals surface area contributed by atoms with Crippen LogP contribution in [0.1, 0.15) is 117 Å². The Balaban J connectivity index is 0.000000299. The first-order valence-corrected chi connectivity index (χ1v) is 20.6. The summed E-state index contributed by atoms with van der Waals surface area (Å²) >= 11 is 0. The van der Waals surface area contributed by atoms with Crippen LogP contribution in [0.25, 0.3) is 28.1 Å². The van der Waals surface area contributed by atoms with E-state index in [2.05, 4.69) is 180 Å². The van der Waals surface area contributed by atoms with E-state index in [-0.39, 0.29) is 50.2 Å². The maximum atomic E-state index is 12.3. The zero-order chi connectivity index (χ0) is 40.5. The molecule has 1 aliphatic heterocycles. The fourth-order valence-corrected chi connectivity index (χ4v) is 9.39. The van der Waals surface area contributed by atoms with Gasteiger partial charge in [-0.25, -0.2) is 0 Å². The van der Waals surface area contributed by atoms with Crippen LogP contribution in [0, 0.1) is 55.4 Å². The molecule has 1 N–H and O–H groups in total. The van der Waals surface area contributed by atoms with Crippen LogP contribution in [0.4, 0.5) is 0 Å². The Morgan fingerprint density at radius 2 is 1.25 bits per heavy atom. The molecule has 2 heterocycles. The third kappa shape index (κ3) is 9.19. The van der Waals surface area contributed by atoms with Crippen LogP contribution in [-0.4, -0.2) is 27.2 Å². The number of allylic oxidation sites excluding steroid dienone is 2. The number of fused-ring (bicyclic) bond motifs is 2. The SMILES string of the molecule is CC(C)C(C(=O)/C=C(\O)C(C(C)C)C(C)C)C(C)C.Cc1[c-]c(-c2nc3cccc4c3n2-c2ccccc2B4c2c(C(C)C)cccc2C(C)C)cc(C)c1.[Ir]. The van der Waals surface area contributed by atoms with Gasteiger partial charge in [-0.2, -0.15) is 0 Å². The number of aromatic nitrogens is 2. The van der Waals surface area contributed by atoms with Crippen molar-refractivity contribution in [3.05, 3.63) is 113 Å². The summed E-state index contributed by atoms with van der Waals surface area (Å²) < 4.78 is 2.38. The molecule has 4 nitrogen and oxygen atoms in total. The minimum atomic E-state index is -0.0119. The molecule has 6 heteroatoms. The van der Waals surface area contributed by atoms with Crippen LogP contribution in [0.5, 0.6) is 0 Å². The number of aliphatic hydroxyl groups is 1. The van der Waals surface area contributed by atoms with Gasteiger partial charge in [0, 0.05) is 43.7 Å². The van der Waals surface area contributed by atoms with E-state index in [9.17, 15) is 9.90 Å². The second kappa shape index (κ2) is 18.7. The molecule has 299 valence electrons. The Labute approximate surface area is 352 Å². The molecule has 5 aromatic rings. The van der Waals surface area contributed by atoms with E-state index >= 15 is 0 Å². The summed E-state index contributed by atoms with van der Waals surface area (Å²) in [7, 11) is 0. The largest absolute Gasteiger partial charge is 0.512 e. The summed E-state index contributed by atoms with van der Waals surface area (Å²) in [6, 6.07) is 30.4. The zero-order valence-corrected chi connectivity index (χ0v) is 38.7. The number of para-hydroxylation sites is 2. The van der Waals surface area contributed by atoms with Gasteiger partial charge in [-0.15, -0.1) is 34.9 Å². The molecule has 0 atom stereocenters. The summed E-state index contributed by atoms with van der Waals surface area (Å²) in [6.07, 6.45) is 1.48. The molecule has 1 aliphatic rings. The van der Waals surface area contributed by atoms with E-state index in [0.29, 0.717) is 35.5 Å². The van der Waals surface area contributed by atoms with Gasteiger partial charge >= 0.3 is 0 Å². The van der Waals surface area contributed by atoms with E-state index in [1.54, 1.807) is 0 Å². The molecule has 0 saturated carbocycles. The zero-order valence-electron chi connectivity index (χ0n) is 36.3. The first-order chi connectivity index (χ1) is 25.9. The van der Waals surface area contributed by atoms with Crippen molar-refractivity contribution in [2.45, 2.75) is 109 Å². The van der Waals surface area contributed by atoms with Gasteiger partial charge < -0.3 is 9.67 Å². The first kappa shape index (κ1) is 45.0. The molecule has 0 amide bonds. The van der Waals surface area contributed by atoms with E-state index in [0.717, 1.165) is 22.5 Å². The van der Waals surface area contributed by atoms with E-state index in [1.807, 2.05) is 0 Å². The number of carbonyl (C=O) groups is 1. The molecule has 1 radical (unpaired) electrons. The number of hydrogen-bond donors (Lipinski definition) is 1. The monoisotopic (exact) mass is 928 g/mol. The Morgan fingerprint density at radius 1 is 0.714 bits per heavy atom. The van der Waals surface area contributed by atoms with Crippen LogP contribution in [0.3, 0.4) is 0 Å². The molecule has 0 saturated heterocycles. The molecule has 6 rings (SSSR count). The van der Waals surface area contributed by atoms with Crippen molar-refractivity contribution in [2.75, 3.05) is 0 Å². The summed E-state index contributed by atoms with van der Waals surface area (Å²) in [5.41, 5.74) is 13.9. The van der Waals surface area contributed by atoms with Crippen LogP contribution in [-0.2, 0) is 24.9 Å². The molecule has 56 heavy (non-hydrogen) atoms. The number of carbonyl (C=O) groups excluding carboxylic acids is 1. The Bertz CT molecular complexity index is 2110. The maximum Gasteiger partial charge on any atom is 0.247 e.